The lowest BCUT2D eigenvalue weighted by Crippen LogP contribution is -2.43. The second-order valence-electron chi connectivity index (χ2n) is 6.25. The summed E-state index contributed by atoms with van der Waals surface area (Å²) in [6.07, 6.45) is 0. The molecule has 1 aliphatic rings. The molecule has 4 rings (SSSR count). The number of hydrogen-bond acceptors (Lipinski definition) is 7. The standard InChI is InChI=1S/C20H19N3O4S2/c24-18(23-7-9-26-10-8-23)12-27-16-5-2-1-4-14(16)15-13-29-20(21-15)22-19(25)17-6-3-11-28-17/h1-6,11,13H,7-10,12H2,(H,21,22,25). The van der Waals surface area contributed by atoms with Crippen molar-refractivity contribution in [2.24, 2.45) is 0 Å². The summed E-state index contributed by atoms with van der Waals surface area (Å²) in [7, 11) is 0. The first-order valence-corrected chi connectivity index (χ1v) is 10.8. The van der Waals surface area contributed by atoms with Crippen LogP contribution in [0.5, 0.6) is 5.75 Å². The Kier molecular flexibility index (Phi) is 6.18. The molecular formula is C20H19N3O4S2. The van der Waals surface area contributed by atoms with Crippen LogP contribution >= 0.6 is 22.7 Å². The molecule has 1 saturated heterocycles. The quantitative estimate of drug-likeness (QED) is 0.650. The third-order valence-electron chi connectivity index (χ3n) is 4.35. The molecule has 7 nitrogen and oxygen atoms in total. The van der Waals surface area contributed by atoms with Crippen molar-refractivity contribution < 1.29 is 19.1 Å². The van der Waals surface area contributed by atoms with Gasteiger partial charge in [0.05, 0.1) is 23.8 Å². The fourth-order valence-electron chi connectivity index (χ4n) is 2.87. The maximum atomic E-state index is 12.3. The number of hydrogen-bond donors (Lipinski definition) is 1. The first kappa shape index (κ1) is 19.6. The van der Waals surface area contributed by atoms with E-state index in [1.807, 2.05) is 41.1 Å². The number of thiophene rings is 1. The van der Waals surface area contributed by atoms with Crippen LogP contribution in [0, 0.1) is 0 Å². The molecule has 0 unspecified atom stereocenters. The Morgan fingerprint density at radius 1 is 1.14 bits per heavy atom. The number of aromatic nitrogens is 1. The highest BCUT2D eigenvalue weighted by Crippen LogP contribution is 2.32. The van der Waals surface area contributed by atoms with Crippen molar-refractivity contribution in [1.29, 1.82) is 0 Å². The number of benzene rings is 1. The van der Waals surface area contributed by atoms with E-state index in [0.717, 1.165) is 5.56 Å². The summed E-state index contributed by atoms with van der Waals surface area (Å²) in [5.41, 5.74) is 1.46. The molecule has 2 aromatic heterocycles. The van der Waals surface area contributed by atoms with E-state index in [-0.39, 0.29) is 18.4 Å². The van der Waals surface area contributed by atoms with Gasteiger partial charge in [-0.3, -0.25) is 14.9 Å². The molecule has 9 heteroatoms. The summed E-state index contributed by atoms with van der Waals surface area (Å²) in [5.74, 6) is 0.336. The Bertz CT molecular complexity index is 981. The highest BCUT2D eigenvalue weighted by molar-refractivity contribution is 7.14. The highest BCUT2D eigenvalue weighted by Gasteiger charge is 2.18. The summed E-state index contributed by atoms with van der Waals surface area (Å²) in [6.45, 7) is 2.25. The van der Waals surface area contributed by atoms with Crippen LogP contribution in [0.1, 0.15) is 9.67 Å². The molecule has 0 atom stereocenters. The molecule has 0 radical (unpaired) electrons. The number of carbonyl (C=O) groups excluding carboxylic acids is 2. The van der Waals surface area contributed by atoms with Gasteiger partial charge in [0.25, 0.3) is 11.8 Å². The summed E-state index contributed by atoms with van der Waals surface area (Å²) < 4.78 is 11.1. The van der Waals surface area contributed by atoms with Crippen LogP contribution in [0.2, 0.25) is 0 Å². The van der Waals surface area contributed by atoms with Crippen molar-refractivity contribution in [1.82, 2.24) is 9.88 Å². The van der Waals surface area contributed by atoms with Crippen LogP contribution in [-0.4, -0.2) is 54.6 Å². The number of nitrogens with one attached hydrogen (secondary N) is 1. The average Bonchev–Trinajstić information content (AvgIpc) is 3.45. The largest absolute Gasteiger partial charge is 0.483 e. The Labute approximate surface area is 175 Å². The van der Waals surface area contributed by atoms with Gasteiger partial charge in [-0.15, -0.1) is 22.7 Å². The molecule has 3 aromatic rings. The van der Waals surface area contributed by atoms with Crippen molar-refractivity contribution in [2.45, 2.75) is 0 Å². The number of amides is 2. The van der Waals surface area contributed by atoms with Crippen molar-refractivity contribution in [3.63, 3.8) is 0 Å². The number of ether oxygens (including phenoxy) is 2. The molecule has 0 bridgehead atoms. The third-order valence-corrected chi connectivity index (χ3v) is 5.97. The molecule has 2 amide bonds. The number of anilines is 1. The second kappa shape index (κ2) is 9.17. The number of rotatable bonds is 6. The summed E-state index contributed by atoms with van der Waals surface area (Å²) >= 11 is 2.72. The Morgan fingerprint density at radius 2 is 1.97 bits per heavy atom. The van der Waals surface area contributed by atoms with Gasteiger partial charge in [0, 0.05) is 24.0 Å². The van der Waals surface area contributed by atoms with E-state index in [0.29, 0.717) is 47.8 Å². The molecule has 3 heterocycles. The van der Waals surface area contributed by atoms with Gasteiger partial charge < -0.3 is 14.4 Å². The minimum atomic E-state index is -0.179. The van der Waals surface area contributed by atoms with Crippen LogP contribution in [0.15, 0.2) is 47.2 Å². The molecule has 0 aliphatic carbocycles. The lowest BCUT2D eigenvalue weighted by Gasteiger charge is -2.26. The minimum Gasteiger partial charge on any atom is -0.483 e. The van der Waals surface area contributed by atoms with E-state index in [2.05, 4.69) is 10.3 Å². The van der Waals surface area contributed by atoms with E-state index >= 15 is 0 Å². The molecule has 29 heavy (non-hydrogen) atoms. The Morgan fingerprint density at radius 3 is 2.76 bits per heavy atom. The van der Waals surface area contributed by atoms with Gasteiger partial charge in [0.2, 0.25) is 0 Å². The summed E-state index contributed by atoms with van der Waals surface area (Å²) in [6, 6.07) is 11.0. The van der Waals surface area contributed by atoms with Gasteiger partial charge >= 0.3 is 0 Å². The van der Waals surface area contributed by atoms with Gasteiger partial charge in [-0.2, -0.15) is 0 Å². The number of carbonyl (C=O) groups is 2. The first-order valence-electron chi connectivity index (χ1n) is 9.09. The molecule has 0 saturated carbocycles. The van der Waals surface area contributed by atoms with Crippen LogP contribution in [-0.2, 0) is 9.53 Å². The lowest BCUT2D eigenvalue weighted by molar-refractivity contribution is -0.137. The van der Waals surface area contributed by atoms with Gasteiger partial charge in [0.1, 0.15) is 5.75 Å². The van der Waals surface area contributed by atoms with Crippen molar-refractivity contribution >= 4 is 39.6 Å². The Hall–Kier alpha value is -2.75. The van der Waals surface area contributed by atoms with Crippen LogP contribution in [0.4, 0.5) is 5.13 Å². The highest BCUT2D eigenvalue weighted by atomic mass is 32.1. The van der Waals surface area contributed by atoms with E-state index in [4.69, 9.17) is 9.47 Å². The third kappa shape index (κ3) is 4.81. The summed E-state index contributed by atoms with van der Waals surface area (Å²) in [5, 5.41) is 7.04. The van der Waals surface area contributed by atoms with Crippen molar-refractivity contribution in [2.75, 3.05) is 38.2 Å². The van der Waals surface area contributed by atoms with Crippen LogP contribution < -0.4 is 10.1 Å². The zero-order chi connectivity index (χ0) is 20.1. The van der Waals surface area contributed by atoms with Gasteiger partial charge in [0.15, 0.2) is 11.7 Å². The summed E-state index contributed by atoms with van der Waals surface area (Å²) in [4.78, 5) is 31.4. The number of para-hydroxylation sites is 1. The van der Waals surface area contributed by atoms with Crippen molar-refractivity contribution in [3.05, 3.63) is 52.0 Å². The second-order valence-corrected chi connectivity index (χ2v) is 8.05. The predicted molar refractivity (Wildman–Crippen MR) is 113 cm³/mol. The van der Waals surface area contributed by atoms with E-state index in [9.17, 15) is 9.59 Å². The maximum Gasteiger partial charge on any atom is 0.267 e. The first-order chi connectivity index (χ1) is 14.2. The van der Waals surface area contributed by atoms with Crippen LogP contribution in [0.3, 0.4) is 0 Å². The van der Waals surface area contributed by atoms with Crippen molar-refractivity contribution in [3.8, 4) is 17.0 Å². The van der Waals surface area contributed by atoms with E-state index < -0.39 is 0 Å². The molecule has 1 fully saturated rings. The monoisotopic (exact) mass is 429 g/mol. The van der Waals surface area contributed by atoms with Crippen LogP contribution in [0.25, 0.3) is 11.3 Å². The van der Waals surface area contributed by atoms with E-state index in [1.165, 1.54) is 22.7 Å². The van der Waals surface area contributed by atoms with Gasteiger partial charge in [-0.05, 0) is 23.6 Å². The van der Waals surface area contributed by atoms with E-state index in [1.54, 1.807) is 11.0 Å². The fourth-order valence-corrected chi connectivity index (χ4v) is 4.19. The normalized spacial score (nSPS) is 13.9. The number of morpholine rings is 1. The predicted octanol–water partition coefficient (Wildman–Crippen LogP) is 3.36. The topological polar surface area (TPSA) is 80.8 Å². The molecule has 150 valence electrons. The molecule has 1 aromatic carbocycles. The Balaban J connectivity index is 1.43. The zero-order valence-electron chi connectivity index (χ0n) is 15.5. The minimum absolute atomic E-state index is 0.0386. The average molecular weight is 430 g/mol. The smallest absolute Gasteiger partial charge is 0.267 e. The molecule has 1 N–H and O–H groups in total. The van der Waals surface area contributed by atoms with Gasteiger partial charge in [-0.25, -0.2) is 4.98 Å². The number of nitrogens with zero attached hydrogens (tertiary/aromatic N) is 2. The molecular weight excluding hydrogens is 410 g/mol. The van der Waals surface area contributed by atoms with Gasteiger partial charge in [-0.1, -0.05) is 18.2 Å². The molecule has 1 aliphatic heterocycles. The number of thiazole rings is 1. The fraction of sp³-hybridized carbons (Fsp3) is 0.250. The zero-order valence-corrected chi connectivity index (χ0v) is 17.1. The SMILES string of the molecule is O=C(Nc1nc(-c2ccccc2OCC(=O)N2CCOCC2)cs1)c1cccs1. The molecule has 0 spiro atoms. The lowest BCUT2D eigenvalue weighted by atomic mass is 10.1. The maximum absolute atomic E-state index is 12.3.